The van der Waals surface area contributed by atoms with Crippen molar-refractivity contribution >= 4 is 11.7 Å². The molecule has 11 atom stereocenters. The van der Waals surface area contributed by atoms with Crippen LogP contribution >= 0.6 is 0 Å². The van der Waals surface area contributed by atoms with E-state index in [2.05, 4.69) is 0 Å². The number of ether oxygens (including phenoxy) is 4. The number of nitro benzene ring substituents is 1. The minimum absolute atomic E-state index is 0.0268. The normalized spacial score (nSPS) is 37.3. The van der Waals surface area contributed by atoms with Crippen LogP contribution in [-0.4, -0.2) is 132 Å². The minimum Gasteiger partial charge on any atom is -0.544 e. The van der Waals surface area contributed by atoms with Gasteiger partial charge in [-0.15, -0.1) is 0 Å². The number of carboxylic acid groups (broad SMARTS) is 1. The summed E-state index contributed by atoms with van der Waals surface area (Å²) in [6, 6.07) is 4.55. The molecule has 4 unspecified atom stereocenters. The highest BCUT2D eigenvalue weighted by Gasteiger charge is 2.53. The number of carbonyl (C=O) groups is 1. The lowest BCUT2D eigenvalue weighted by atomic mass is 9.90. The number of aliphatic hydroxyl groups excluding tert-OH is 8. The molecule has 1 aromatic rings. The molecule has 214 valence electrons. The van der Waals surface area contributed by atoms with E-state index in [0.717, 1.165) is 12.1 Å². The van der Waals surface area contributed by atoms with Gasteiger partial charge >= 0.3 is 0 Å². The van der Waals surface area contributed by atoms with Crippen LogP contribution in [0.2, 0.25) is 0 Å². The van der Waals surface area contributed by atoms with E-state index in [1.54, 1.807) is 0 Å². The molecule has 17 nitrogen and oxygen atoms in total. The summed E-state index contributed by atoms with van der Waals surface area (Å²) >= 11 is 0. The summed E-state index contributed by atoms with van der Waals surface area (Å²) in [7, 11) is 0. The van der Waals surface area contributed by atoms with Gasteiger partial charge in [-0.05, 0) is 12.1 Å². The van der Waals surface area contributed by atoms with Crippen LogP contribution in [-0.2, 0) is 19.0 Å². The van der Waals surface area contributed by atoms with E-state index in [-0.39, 0.29) is 11.4 Å². The van der Waals surface area contributed by atoms with E-state index in [0.29, 0.717) is 0 Å². The molecule has 0 saturated carbocycles. The fraction of sp³-hybridized carbons (Fsp3) is 0.667. The van der Waals surface area contributed by atoms with E-state index < -0.39 is 97.5 Å². The highest BCUT2D eigenvalue weighted by molar-refractivity contribution is 5.73. The van der Waals surface area contributed by atoms with Crippen LogP contribution in [0.15, 0.2) is 24.3 Å². The predicted octanol–water partition coefficient (Wildman–Crippen LogP) is -5.53. The molecule has 3 rings (SSSR count). The van der Waals surface area contributed by atoms with E-state index >= 15 is 0 Å². The Morgan fingerprint density at radius 3 is 2.26 bits per heavy atom. The van der Waals surface area contributed by atoms with Crippen molar-refractivity contribution in [3.63, 3.8) is 0 Å². The first-order valence-corrected chi connectivity index (χ1v) is 11.3. The minimum atomic E-state index is -2.86. The Morgan fingerprint density at radius 1 is 1.08 bits per heavy atom. The van der Waals surface area contributed by atoms with E-state index in [1.165, 1.54) is 12.1 Å². The van der Waals surface area contributed by atoms with Crippen molar-refractivity contribution in [3.8, 4) is 5.75 Å². The van der Waals surface area contributed by atoms with Gasteiger partial charge in [-0.3, -0.25) is 10.1 Å². The Bertz CT molecular complexity index is 963. The maximum atomic E-state index is 12.0. The first-order valence-electron chi connectivity index (χ1n) is 11.3. The molecule has 2 fully saturated rings. The largest absolute Gasteiger partial charge is 0.544 e. The average molecular weight is 550 g/mol. The van der Waals surface area contributed by atoms with Crippen LogP contribution in [0.25, 0.3) is 0 Å². The van der Waals surface area contributed by atoms with Gasteiger partial charge in [0, 0.05) is 18.6 Å². The molecule has 17 heteroatoms. The van der Waals surface area contributed by atoms with Crippen molar-refractivity contribution in [2.75, 3.05) is 13.2 Å². The van der Waals surface area contributed by atoms with E-state index in [4.69, 9.17) is 24.1 Å². The number of carbonyl (C=O) groups excluding carboxylic acids is 1. The Hall–Kier alpha value is -2.55. The van der Waals surface area contributed by atoms with Gasteiger partial charge < -0.3 is 69.7 Å². The molecule has 2 heterocycles. The third-order valence-electron chi connectivity index (χ3n) is 6.21. The van der Waals surface area contributed by atoms with Crippen molar-refractivity contribution in [3.05, 3.63) is 34.4 Å². The zero-order valence-electron chi connectivity index (χ0n) is 19.5. The number of hydrogen-bond acceptors (Lipinski definition) is 16. The zero-order valence-corrected chi connectivity index (χ0v) is 19.5. The van der Waals surface area contributed by atoms with Crippen molar-refractivity contribution < 1.29 is 74.6 Å². The second-order valence-corrected chi connectivity index (χ2v) is 8.82. The molecule has 0 amide bonds. The zero-order chi connectivity index (χ0) is 28.4. The molecular formula is C21H28NO16-. The Balaban J connectivity index is 1.76. The maximum absolute atomic E-state index is 12.0. The first-order chi connectivity index (χ1) is 17.8. The molecular weight excluding hydrogens is 522 g/mol. The molecule has 0 spiro atoms. The number of carboxylic acids is 1. The molecule has 0 aromatic heterocycles. The number of benzene rings is 1. The van der Waals surface area contributed by atoms with Crippen LogP contribution in [0.3, 0.4) is 0 Å². The van der Waals surface area contributed by atoms with Crippen LogP contribution in [0, 0.1) is 10.1 Å². The standard InChI is InChI=1S/C21H29NO16/c23-6-11(25)14(27)18-13(26)10(24)5-21(38-18,20(31)32)35-7-12-15(28)16(29)17(30)19(37-12)36-9-3-1-8(2-4-9)22(33)34/h1-4,10-19,23-30H,5-7H2,(H,31,32)/p-1/t10-,11-,12?,13-,14-,15+,16?,17?,18?,19-,21-/m1/s1. The Labute approximate surface area is 213 Å². The Kier molecular flexibility index (Phi) is 9.55. The molecule has 0 radical (unpaired) electrons. The number of hydrogen-bond donors (Lipinski definition) is 8. The lowest BCUT2D eigenvalue weighted by molar-refractivity contribution is -0.393. The van der Waals surface area contributed by atoms with Gasteiger partial charge in [0.25, 0.3) is 5.69 Å². The second-order valence-electron chi connectivity index (χ2n) is 8.82. The van der Waals surface area contributed by atoms with Gasteiger partial charge in [0.15, 0.2) is 0 Å². The Morgan fingerprint density at radius 2 is 1.71 bits per heavy atom. The van der Waals surface area contributed by atoms with Gasteiger partial charge in [-0.25, -0.2) is 0 Å². The summed E-state index contributed by atoms with van der Waals surface area (Å²) in [5.74, 6) is -4.97. The fourth-order valence-electron chi connectivity index (χ4n) is 3.98. The highest BCUT2D eigenvalue weighted by atomic mass is 16.7. The topological polar surface area (TPSA) is 282 Å². The van der Waals surface area contributed by atoms with Crippen molar-refractivity contribution in [1.82, 2.24) is 0 Å². The summed E-state index contributed by atoms with van der Waals surface area (Å²) in [4.78, 5) is 22.1. The van der Waals surface area contributed by atoms with Gasteiger partial charge in [0.2, 0.25) is 12.1 Å². The number of nitrogens with zero attached hydrogens (tertiary/aromatic N) is 1. The molecule has 1 aromatic carbocycles. The summed E-state index contributed by atoms with van der Waals surface area (Å²) in [6.45, 7) is -1.89. The van der Waals surface area contributed by atoms with Crippen LogP contribution in [0.5, 0.6) is 5.75 Å². The van der Waals surface area contributed by atoms with Crippen LogP contribution in [0.4, 0.5) is 5.69 Å². The predicted molar refractivity (Wildman–Crippen MR) is 115 cm³/mol. The number of aliphatic carboxylic acids is 1. The summed E-state index contributed by atoms with van der Waals surface area (Å²) in [5, 5.41) is 103. The monoisotopic (exact) mass is 550 g/mol. The second kappa shape index (κ2) is 12.1. The molecule has 0 bridgehead atoms. The smallest absolute Gasteiger partial charge is 0.269 e. The number of aliphatic hydroxyl groups is 8. The van der Waals surface area contributed by atoms with Gasteiger partial charge in [0.1, 0.15) is 60.6 Å². The third-order valence-corrected chi connectivity index (χ3v) is 6.21. The molecule has 38 heavy (non-hydrogen) atoms. The van der Waals surface area contributed by atoms with E-state index in [1.807, 2.05) is 0 Å². The molecule has 2 aliphatic heterocycles. The van der Waals surface area contributed by atoms with Gasteiger partial charge in [0.05, 0.1) is 24.2 Å². The van der Waals surface area contributed by atoms with E-state index in [9.17, 15) is 55.8 Å². The molecule has 8 N–H and O–H groups in total. The fourth-order valence-corrected chi connectivity index (χ4v) is 3.98. The number of rotatable bonds is 10. The summed E-state index contributed by atoms with van der Waals surface area (Å²) in [6.07, 6.45) is -19.5. The number of non-ortho nitro benzene ring substituents is 1. The van der Waals surface area contributed by atoms with Gasteiger partial charge in [-0.2, -0.15) is 0 Å². The van der Waals surface area contributed by atoms with Crippen LogP contribution in [0.1, 0.15) is 6.42 Å². The number of nitro groups is 1. The summed E-state index contributed by atoms with van der Waals surface area (Å²) < 4.78 is 21.2. The van der Waals surface area contributed by atoms with Gasteiger partial charge in [-0.1, -0.05) is 0 Å². The molecule has 2 aliphatic rings. The third kappa shape index (κ3) is 6.19. The SMILES string of the molecule is O=C([O-])[C@@]1(OCC2O[C@@H](Oc3ccc([N+](=O)[O-])cc3)C(O)C(O)[C@H]2O)C[C@@H](O)[C@@H](O)C([C@H](O)[C@H](O)CO)O1. The highest BCUT2D eigenvalue weighted by Crippen LogP contribution is 2.34. The van der Waals surface area contributed by atoms with Crippen molar-refractivity contribution in [1.29, 1.82) is 0 Å². The van der Waals surface area contributed by atoms with Crippen molar-refractivity contribution in [2.24, 2.45) is 0 Å². The summed E-state index contributed by atoms with van der Waals surface area (Å²) in [5.41, 5.74) is -0.258. The average Bonchev–Trinajstić information content (AvgIpc) is 2.89. The first kappa shape index (κ1) is 30.0. The van der Waals surface area contributed by atoms with Crippen molar-refractivity contribution in [2.45, 2.75) is 73.4 Å². The lowest BCUT2D eigenvalue weighted by Crippen LogP contribution is -2.67. The quantitative estimate of drug-likeness (QED) is 0.0995. The van der Waals surface area contributed by atoms with Crippen LogP contribution < -0.4 is 9.84 Å². The lowest BCUT2D eigenvalue weighted by Gasteiger charge is -2.48. The molecule has 2 saturated heterocycles. The molecule has 0 aliphatic carbocycles. The maximum Gasteiger partial charge on any atom is 0.269 e.